The quantitative estimate of drug-likeness (QED) is 0.941. The van der Waals surface area contributed by atoms with E-state index in [1.807, 2.05) is 13.8 Å². The number of rotatable bonds is 4. The highest BCUT2D eigenvalue weighted by molar-refractivity contribution is 5.60. The Morgan fingerprint density at radius 2 is 2.09 bits per heavy atom. The van der Waals surface area contributed by atoms with Crippen LogP contribution in [-0.4, -0.2) is 29.3 Å². The van der Waals surface area contributed by atoms with E-state index >= 15 is 0 Å². The van der Waals surface area contributed by atoms with Crippen LogP contribution < -0.4 is 10.2 Å². The van der Waals surface area contributed by atoms with Crippen molar-refractivity contribution in [2.24, 2.45) is 0 Å². The molecule has 2 heterocycles. The lowest BCUT2D eigenvalue weighted by molar-refractivity contribution is 0.680. The van der Waals surface area contributed by atoms with Gasteiger partial charge >= 0.3 is 0 Å². The first-order valence-electron chi connectivity index (χ1n) is 7.94. The van der Waals surface area contributed by atoms with Crippen molar-refractivity contribution in [3.8, 4) is 6.07 Å². The van der Waals surface area contributed by atoms with Gasteiger partial charge in [-0.15, -0.1) is 5.10 Å². The van der Waals surface area contributed by atoms with Gasteiger partial charge in [0, 0.05) is 24.8 Å². The summed E-state index contributed by atoms with van der Waals surface area (Å²) in [6.45, 7) is 7.63. The van der Waals surface area contributed by atoms with E-state index in [2.05, 4.69) is 57.7 Å². The Hall–Kier alpha value is -2.61. The van der Waals surface area contributed by atoms with Crippen LogP contribution >= 0.6 is 0 Å². The molecule has 0 saturated heterocycles. The molecule has 3 rings (SSSR count). The van der Waals surface area contributed by atoms with Gasteiger partial charge in [0.2, 0.25) is 0 Å². The molecule has 0 aliphatic carbocycles. The molecule has 0 fully saturated rings. The lowest BCUT2D eigenvalue weighted by atomic mass is 10.1. The first-order chi connectivity index (χ1) is 11.1. The smallest absolute Gasteiger partial charge is 0.166 e. The fourth-order valence-electron chi connectivity index (χ4n) is 3.13. The molecule has 1 aliphatic rings. The van der Waals surface area contributed by atoms with Gasteiger partial charge in [-0.25, -0.2) is 0 Å². The highest BCUT2D eigenvalue weighted by Crippen LogP contribution is 2.31. The van der Waals surface area contributed by atoms with Crippen molar-refractivity contribution in [1.82, 2.24) is 10.2 Å². The number of para-hydroxylation sites is 1. The topological polar surface area (TPSA) is 64.8 Å². The number of aromatic nitrogens is 2. The number of nitrogens with zero attached hydrogens (tertiary/aromatic N) is 4. The van der Waals surface area contributed by atoms with Gasteiger partial charge < -0.3 is 10.2 Å². The minimum atomic E-state index is 0.496. The molecule has 0 bridgehead atoms. The molecule has 0 radical (unpaired) electrons. The van der Waals surface area contributed by atoms with Crippen molar-refractivity contribution in [1.29, 1.82) is 5.26 Å². The molecule has 1 aliphatic heterocycles. The third-order valence-electron chi connectivity index (χ3n) is 4.56. The number of nitriles is 1. The van der Waals surface area contributed by atoms with Crippen LogP contribution in [0, 0.1) is 25.2 Å². The molecule has 0 spiro atoms. The zero-order valence-electron chi connectivity index (χ0n) is 13.8. The first-order valence-corrected chi connectivity index (χ1v) is 7.94. The van der Waals surface area contributed by atoms with E-state index in [-0.39, 0.29) is 0 Å². The lowest BCUT2D eigenvalue weighted by Gasteiger charge is -2.25. The van der Waals surface area contributed by atoms with Crippen molar-refractivity contribution >= 4 is 11.5 Å². The minimum absolute atomic E-state index is 0.496. The molecule has 5 heteroatoms. The van der Waals surface area contributed by atoms with Gasteiger partial charge in [-0.2, -0.15) is 10.4 Å². The van der Waals surface area contributed by atoms with Crippen LogP contribution in [0.1, 0.15) is 29.3 Å². The van der Waals surface area contributed by atoms with Crippen molar-refractivity contribution < 1.29 is 0 Å². The maximum absolute atomic E-state index is 9.34. The summed E-state index contributed by atoms with van der Waals surface area (Å²) in [5.41, 5.74) is 5.00. The molecular formula is C18H21N5. The fraction of sp³-hybridized carbons (Fsp3) is 0.389. The van der Waals surface area contributed by atoms with Gasteiger partial charge in [-0.1, -0.05) is 18.2 Å². The van der Waals surface area contributed by atoms with Gasteiger partial charge in [0.25, 0.3) is 0 Å². The third-order valence-corrected chi connectivity index (χ3v) is 4.56. The Morgan fingerprint density at radius 1 is 1.30 bits per heavy atom. The van der Waals surface area contributed by atoms with Crippen LogP contribution in [0.25, 0.3) is 0 Å². The number of benzene rings is 1. The van der Waals surface area contributed by atoms with Crippen LogP contribution in [0.15, 0.2) is 24.3 Å². The Balaban J connectivity index is 1.69. The highest BCUT2D eigenvalue weighted by Gasteiger charge is 2.24. The maximum atomic E-state index is 9.34. The number of hydrogen-bond donors (Lipinski definition) is 1. The average molecular weight is 307 g/mol. The van der Waals surface area contributed by atoms with Gasteiger partial charge in [0.05, 0.1) is 5.69 Å². The molecule has 1 aromatic heterocycles. The summed E-state index contributed by atoms with van der Waals surface area (Å²) in [6.07, 6.45) is 1.09. The Kier molecular flexibility index (Phi) is 4.16. The van der Waals surface area contributed by atoms with E-state index in [0.29, 0.717) is 17.4 Å². The van der Waals surface area contributed by atoms with Crippen LogP contribution in [0.4, 0.5) is 11.5 Å². The summed E-state index contributed by atoms with van der Waals surface area (Å²) in [7, 11) is 0. The average Bonchev–Trinajstić information content (AvgIpc) is 2.87. The van der Waals surface area contributed by atoms with Crippen LogP contribution in [0.2, 0.25) is 0 Å². The molecule has 0 saturated carbocycles. The summed E-state index contributed by atoms with van der Waals surface area (Å²) < 4.78 is 0. The monoisotopic (exact) mass is 307 g/mol. The lowest BCUT2D eigenvalue weighted by Crippen LogP contribution is -2.34. The Morgan fingerprint density at radius 3 is 2.87 bits per heavy atom. The molecule has 118 valence electrons. The van der Waals surface area contributed by atoms with E-state index in [0.717, 1.165) is 30.8 Å². The van der Waals surface area contributed by atoms with Gasteiger partial charge in [-0.05, 0) is 44.4 Å². The second kappa shape index (κ2) is 6.25. The number of fused-ring (bicyclic) bond motifs is 1. The molecule has 1 aromatic carbocycles. The molecule has 1 atom stereocenters. The van der Waals surface area contributed by atoms with E-state index in [1.165, 1.54) is 11.3 Å². The largest absolute Gasteiger partial charge is 0.367 e. The predicted molar refractivity (Wildman–Crippen MR) is 91.7 cm³/mol. The van der Waals surface area contributed by atoms with Crippen molar-refractivity contribution in [2.75, 3.05) is 23.3 Å². The molecule has 1 N–H and O–H groups in total. The van der Waals surface area contributed by atoms with Crippen LogP contribution in [-0.2, 0) is 6.42 Å². The summed E-state index contributed by atoms with van der Waals surface area (Å²) >= 11 is 0. The number of anilines is 2. The standard InChI is InChI=1S/C18H21N5/c1-12-10-15-6-4-5-7-17(15)23(12)9-8-20-18-16(11-19)13(2)14(3)21-22-18/h4-7,12H,8-10H2,1-3H3,(H,20,22). The second-order valence-electron chi connectivity index (χ2n) is 6.05. The predicted octanol–water partition coefficient (Wildman–Crippen LogP) is 2.83. The van der Waals surface area contributed by atoms with Crippen molar-refractivity contribution in [2.45, 2.75) is 33.2 Å². The van der Waals surface area contributed by atoms with Gasteiger partial charge in [0.15, 0.2) is 5.82 Å². The van der Waals surface area contributed by atoms with Gasteiger partial charge in [-0.3, -0.25) is 0 Å². The SMILES string of the molecule is Cc1nnc(NCCN2c3ccccc3CC2C)c(C#N)c1C. The summed E-state index contributed by atoms with van der Waals surface area (Å²) in [6, 6.07) is 11.3. The van der Waals surface area contributed by atoms with E-state index in [1.54, 1.807) is 0 Å². The number of hydrogen-bond acceptors (Lipinski definition) is 5. The summed E-state index contributed by atoms with van der Waals surface area (Å²) in [4.78, 5) is 2.41. The van der Waals surface area contributed by atoms with E-state index in [9.17, 15) is 5.26 Å². The highest BCUT2D eigenvalue weighted by atomic mass is 15.2. The third kappa shape index (κ3) is 2.85. The van der Waals surface area contributed by atoms with E-state index in [4.69, 9.17) is 0 Å². The number of aryl methyl sites for hydroxylation is 1. The minimum Gasteiger partial charge on any atom is -0.367 e. The zero-order valence-corrected chi connectivity index (χ0v) is 13.8. The Labute approximate surface area is 137 Å². The summed E-state index contributed by atoms with van der Waals surface area (Å²) in [5, 5.41) is 20.9. The first kappa shape index (κ1) is 15.3. The fourth-order valence-corrected chi connectivity index (χ4v) is 3.13. The number of nitrogens with one attached hydrogen (secondary N) is 1. The zero-order chi connectivity index (χ0) is 16.4. The molecular weight excluding hydrogens is 286 g/mol. The Bertz CT molecular complexity index is 762. The molecule has 23 heavy (non-hydrogen) atoms. The van der Waals surface area contributed by atoms with Crippen LogP contribution in [0.3, 0.4) is 0 Å². The van der Waals surface area contributed by atoms with Gasteiger partial charge in [0.1, 0.15) is 11.6 Å². The summed E-state index contributed by atoms with van der Waals surface area (Å²) in [5.74, 6) is 0.579. The molecule has 2 aromatic rings. The van der Waals surface area contributed by atoms with Crippen molar-refractivity contribution in [3.63, 3.8) is 0 Å². The van der Waals surface area contributed by atoms with E-state index < -0.39 is 0 Å². The normalized spacial score (nSPS) is 16.1. The molecule has 5 nitrogen and oxygen atoms in total. The second-order valence-corrected chi connectivity index (χ2v) is 6.05. The van der Waals surface area contributed by atoms with Crippen LogP contribution in [0.5, 0.6) is 0 Å². The van der Waals surface area contributed by atoms with Crippen molar-refractivity contribution in [3.05, 3.63) is 46.6 Å². The maximum Gasteiger partial charge on any atom is 0.166 e. The molecule has 1 unspecified atom stereocenters. The molecule has 0 amide bonds.